The van der Waals surface area contributed by atoms with E-state index in [4.69, 9.17) is 28.3 Å². The van der Waals surface area contributed by atoms with E-state index < -0.39 is 11.9 Å². The number of aryl methyl sites for hydroxylation is 2. The number of aliphatic carboxylic acids is 1. The third-order valence-corrected chi connectivity index (χ3v) is 4.79. The fourth-order valence-electron chi connectivity index (χ4n) is 2.65. The molecule has 28 heavy (non-hydrogen) atoms. The summed E-state index contributed by atoms with van der Waals surface area (Å²) in [6.07, 6.45) is 1.31. The van der Waals surface area contributed by atoms with Crippen LogP contribution in [0.5, 0.6) is 0 Å². The second kappa shape index (κ2) is 8.45. The van der Waals surface area contributed by atoms with Crippen molar-refractivity contribution < 1.29 is 14.7 Å². The van der Waals surface area contributed by atoms with Gasteiger partial charge in [0.15, 0.2) is 5.82 Å². The Morgan fingerprint density at radius 1 is 1.18 bits per heavy atom. The number of halogens is 2. The Bertz CT molecular complexity index is 1010. The van der Waals surface area contributed by atoms with Crippen molar-refractivity contribution >= 4 is 40.9 Å². The molecule has 0 bridgehead atoms. The minimum atomic E-state index is -0.963. The molecule has 3 rings (SSSR count). The lowest BCUT2D eigenvalue weighted by atomic mass is 10.2. The van der Waals surface area contributed by atoms with Gasteiger partial charge >= 0.3 is 5.97 Å². The number of carboxylic acid groups (broad SMARTS) is 1. The molecule has 0 radical (unpaired) electrons. The number of nitrogens with zero attached hydrogens (tertiary/aromatic N) is 4. The van der Waals surface area contributed by atoms with E-state index in [0.717, 1.165) is 11.3 Å². The van der Waals surface area contributed by atoms with Crippen molar-refractivity contribution in [3.8, 4) is 0 Å². The van der Waals surface area contributed by atoms with Gasteiger partial charge in [-0.15, -0.1) is 0 Å². The standard InChI is InChI=1S/C18H17Cl2N5O3/c1-11-9-16(23-25(11)10-12-13(19)3-2-4-14(12)20)22-18(28)15-5-7-21-24(15)8-6-17(26)27/h2-5,7,9H,6,8,10H2,1H3,(H,26,27)(H,22,23,28). The topological polar surface area (TPSA) is 102 Å². The van der Waals surface area contributed by atoms with Crippen LogP contribution in [0.2, 0.25) is 10.0 Å². The minimum Gasteiger partial charge on any atom is -0.481 e. The van der Waals surface area contributed by atoms with Crippen LogP contribution in [-0.2, 0) is 17.9 Å². The van der Waals surface area contributed by atoms with E-state index in [9.17, 15) is 9.59 Å². The van der Waals surface area contributed by atoms with Crippen LogP contribution in [0.15, 0.2) is 36.5 Å². The first-order chi connectivity index (χ1) is 13.3. The summed E-state index contributed by atoms with van der Waals surface area (Å²) in [7, 11) is 0. The largest absolute Gasteiger partial charge is 0.481 e. The average molecular weight is 422 g/mol. The predicted octanol–water partition coefficient (Wildman–Crippen LogP) is 3.47. The Hall–Kier alpha value is -2.84. The first kappa shape index (κ1) is 19.9. The number of hydrogen-bond donors (Lipinski definition) is 2. The van der Waals surface area contributed by atoms with Crippen LogP contribution >= 0.6 is 23.2 Å². The van der Waals surface area contributed by atoms with Gasteiger partial charge in [-0.3, -0.25) is 19.0 Å². The average Bonchev–Trinajstić information content (AvgIpc) is 3.23. The molecule has 0 aliphatic rings. The van der Waals surface area contributed by atoms with Crippen molar-refractivity contribution in [3.05, 3.63) is 63.5 Å². The fraction of sp³-hybridized carbons (Fsp3) is 0.222. The molecule has 2 heterocycles. The Labute approximate surface area is 170 Å². The molecule has 0 unspecified atom stereocenters. The summed E-state index contributed by atoms with van der Waals surface area (Å²) in [4.78, 5) is 23.2. The molecule has 0 saturated carbocycles. The van der Waals surface area contributed by atoms with Crippen molar-refractivity contribution in [2.75, 3.05) is 5.32 Å². The van der Waals surface area contributed by atoms with Gasteiger partial charge in [0.2, 0.25) is 0 Å². The van der Waals surface area contributed by atoms with E-state index in [2.05, 4.69) is 15.5 Å². The van der Waals surface area contributed by atoms with Crippen molar-refractivity contribution in [3.63, 3.8) is 0 Å². The molecular formula is C18H17Cl2N5O3. The quantitative estimate of drug-likeness (QED) is 0.607. The van der Waals surface area contributed by atoms with Gasteiger partial charge in [0.1, 0.15) is 5.69 Å². The molecule has 0 atom stereocenters. The van der Waals surface area contributed by atoms with Gasteiger partial charge in [-0.2, -0.15) is 10.2 Å². The minimum absolute atomic E-state index is 0.101. The molecule has 2 aromatic heterocycles. The number of carbonyl (C=O) groups is 2. The third kappa shape index (κ3) is 4.52. The molecular weight excluding hydrogens is 405 g/mol. The number of benzene rings is 1. The molecule has 10 heteroatoms. The summed E-state index contributed by atoms with van der Waals surface area (Å²) in [6, 6.07) is 8.51. The summed E-state index contributed by atoms with van der Waals surface area (Å²) >= 11 is 12.4. The molecule has 0 aliphatic heterocycles. The molecule has 0 aliphatic carbocycles. The van der Waals surface area contributed by atoms with E-state index in [1.165, 1.54) is 16.9 Å². The highest BCUT2D eigenvalue weighted by atomic mass is 35.5. The second-order valence-corrected chi connectivity index (χ2v) is 6.88. The number of anilines is 1. The van der Waals surface area contributed by atoms with Gasteiger partial charge in [0.05, 0.1) is 19.5 Å². The van der Waals surface area contributed by atoms with Crippen LogP contribution in [0.1, 0.15) is 28.2 Å². The zero-order valence-corrected chi connectivity index (χ0v) is 16.4. The van der Waals surface area contributed by atoms with Crippen molar-refractivity contribution in [2.45, 2.75) is 26.4 Å². The Morgan fingerprint density at radius 3 is 2.57 bits per heavy atom. The predicted molar refractivity (Wildman–Crippen MR) is 105 cm³/mol. The molecule has 0 spiro atoms. The highest BCUT2D eigenvalue weighted by molar-refractivity contribution is 6.35. The molecule has 2 N–H and O–H groups in total. The molecule has 0 saturated heterocycles. The van der Waals surface area contributed by atoms with Crippen LogP contribution in [-0.4, -0.2) is 36.5 Å². The lowest BCUT2D eigenvalue weighted by Crippen LogP contribution is -2.19. The van der Waals surface area contributed by atoms with Crippen LogP contribution in [0.25, 0.3) is 0 Å². The summed E-state index contributed by atoms with van der Waals surface area (Å²) in [5.74, 6) is -1.03. The van der Waals surface area contributed by atoms with E-state index in [1.807, 2.05) is 6.92 Å². The van der Waals surface area contributed by atoms with E-state index in [-0.39, 0.29) is 18.7 Å². The molecule has 8 nitrogen and oxygen atoms in total. The number of amides is 1. The van der Waals surface area contributed by atoms with Gasteiger partial charge in [-0.25, -0.2) is 0 Å². The van der Waals surface area contributed by atoms with Crippen molar-refractivity contribution in [1.29, 1.82) is 0 Å². The van der Waals surface area contributed by atoms with Crippen LogP contribution in [0.4, 0.5) is 5.82 Å². The first-order valence-corrected chi connectivity index (χ1v) is 9.13. The van der Waals surface area contributed by atoms with Crippen LogP contribution in [0, 0.1) is 6.92 Å². The number of aromatic nitrogens is 4. The molecule has 1 amide bonds. The SMILES string of the molecule is Cc1cc(NC(=O)c2ccnn2CCC(=O)O)nn1Cc1c(Cl)cccc1Cl. The highest BCUT2D eigenvalue weighted by Crippen LogP contribution is 2.25. The molecule has 1 aromatic carbocycles. The Balaban J connectivity index is 1.74. The van der Waals surface area contributed by atoms with Gasteiger partial charge < -0.3 is 10.4 Å². The van der Waals surface area contributed by atoms with Gasteiger partial charge in [0, 0.05) is 33.6 Å². The summed E-state index contributed by atoms with van der Waals surface area (Å²) in [5.41, 5.74) is 1.80. The number of rotatable bonds is 7. The highest BCUT2D eigenvalue weighted by Gasteiger charge is 2.16. The lowest BCUT2D eigenvalue weighted by Gasteiger charge is -2.08. The zero-order valence-electron chi connectivity index (χ0n) is 14.9. The fourth-order valence-corrected chi connectivity index (χ4v) is 3.17. The number of carbonyl (C=O) groups excluding carboxylic acids is 1. The molecule has 0 fully saturated rings. The van der Waals surface area contributed by atoms with Crippen LogP contribution < -0.4 is 5.32 Å². The van der Waals surface area contributed by atoms with Crippen LogP contribution in [0.3, 0.4) is 0 Å². The normalized spacial score (nSPS) is 10.8. The zero-order chi connectivity index (χ0) is 20.3. The first-order valence-electron chi connectivity index (χ1n) is 8.37. The van der Waals surface area contributed by atoms with Gasteiger partial charge in [-0.05, 0) is 25.1 Å². The number of carboxylic acids is 1. The van der Waals surface area contributed by atoms with E-state index in [1.54, 1.807) is 28.9 Å². The van der Waals surface area contributed by atoms with Gasteiger partial charge in [-0.1, -0.05) is 29.3 Å². The van der Waals surface area contributed by atoms with E-state index in [0.29, 0.717) is 22.4 Å². The summed E-state index contributed by atoms with van der Waals surface area (Å²) in [6.45, 7) is 2.31. The third-order valence-electron chi connectivity index (χ3n) is 4.08. The Kier molecular flexibility index (Phi) is 6.01. The number of nitrogens with one attached hydrogen (secondary N) is 1. The lowest BCUT2D eigenvalue weighted by molar-refractivity contribution is -0.137. The Morgan fingerprint density at radius 2 is 1.89 bits per heavy atom. The smallest absolute Gasteiger partial charge is 0.305 e. The maximum Gasteiger partial charge on any atom is 0.305 e. The monoisotopic (exact) mass is 421 g/mol. The van der Waals surface area contributed by atoms with Gasteiger partial charge in [0.25, 0.3) is 5.91 Å². The maximum atomic E-state index is 12.5. The van der Waals surface area contributed by atoms with Crippen molar-refractivity contribution in [1.82, 2.24) is 19.6 Å². The number of hydrogen-bond acceptors (Lipinski definition) is 4. The van der Waals surface area contributed by atoms with Crippen molar-refractivity contribution in [2.24, 2.45) is 0 Å². The summed E-state index contributed by atoms with van der Waals surface area (Å²) in [5, 5.41) is 20.9. The second-order valence-electron chi connectivity index (χ2n) is 6.07. The maximum absolute atomic E-state index is 12.5. The molecule has 146 valence electrons. The summed E-state index contributed by atoms with van der Waals surface area (Å²) < 4.78 is 3.03. The van der Waals surface area contributed by atoms with E-state index >= 15 is 0 Å². The molecule has 3 aromatic rings.